The van der Waals surface area contributed by atoms with Crippen molar-refractivity contribution in [2.75, 3.05) is 17.9 Å². The van der Waals surface area contributed by atoms with Crippen LogP contribution in [-0.4, -0.2) is 31.9 Å². The van der Waals surface area contributed by atoms with Crippen LogP contribution in [0, 0.1) is 0 Å². The molecule has 1 aliphatic rings. The minimum Gasteiger partial charge on any atom is -0.381 e. The molecule has 0 spiro atoms. The number of pyridine rings is 1. The van der Waals surface area contributed by atoms with Gasteiger partial charge in [0.1, 0.15) is 4.60 Å². The van der Waals surface area contributed by atoms with Crippen LogP contribution >= 0.6 is 15.9 Å². The van der Waals surface area contributed by atoms with E-state index in [1.807, 2.05) is 0 Å². The number of aromatic nitrogens is 1. The van der Waals surface area contributed by atoms with Crippen LogP contribution in [0.3, 0.4) is 0 Å². The highest BCUT2D eigenvalue weighted by Crippen LogP contribution is 2.19. The van der Waals surface area contributed by atoms with Gasteiger partial charge in [-0.05, 0) is 40.9 Å². The summed E-state index contributed by atoms with van der Waals surface area (Å²) >= 11 is 3.20. The zero-order valence-electron chi connectivity index (χ0n) is 9.10. The van der Waals surface area contributed by atoms with Crippen LogP contribution in [0.15, 0.2) is 22.9 Å². The molecular weight excluding hydrogens is 308 g/mol. The normalized spacial score (nSPS) is 17.9. The molecule has 0 unspecified atom stereocenters. The van der Waals surface area contributed by atoms with Crippen LogP contribution in [0.2, 0.25) is 0 Å². The Morgan fingerprint density at radius 2 is 2.06 bits per heavy atom. The Balaban J connectivity index is 2.08. The summed E-state index contributed by atoms with van der Waals surface area (Å²) in [6.45, 7) is 1.01. The Bertz CT molecular complexity index is 469. The Labute approximate surface area is 109 Å². The van der Waals surface area contributed by atoms with Gasteiger partial charge in [-0.15, -0.1) is 0 Å². The number of rotatable bonds is 3. The summed E-state index contributed by atoms with van der Waals surface area (Å²) in [5.74, 6) is 0. The summed E-state index contributed by atoms with van der Waals surface area (Å²) in [6, 6.07) is 3.37. The van der Waals surface area contributed by atoms with Gasteiger partial charge in [0.05, 0.1) is 17.1 Å². The first kappa shape index (κ1) is 12.8. The second kappa shape index (κ2) is 5.32. The molecule has 1 aliphatic heterocycles. The first-order valence-electron chi connectivity index (χ1n) is 5.29. The molecule has 2 heterocycles. The van der Waals surface area contributed by atoms with Crippen molar-refractivity contribution in [3.63, 3.8) is 0 Å². The number of sulfonamides is 1. The molecule has 5 nitrogen and oxygen atoms in total. The number of hydrogen-bond donors (Lipinski definition) is 1. The van der Waals surface area contributed by atoms with Crippen molar-refractivity contribution in [2.45, 2.75) is 18.1 Å². The van der Waals surface area contributed by atoms with Gasteiger partial charge in [-0.1, -0.05) is 0 Å². The standard InChI is InChI=1S/C10H13BrN2O3S/c11-10-2-1-8(7-12-10)13-17(14,15)9-3-5-16-6-4-9/h1-2,7,9,13H,3-6H2. The smallest absolute Gasteiger partial charge is 0.235 e. The van der Waals surface area contributed by atoms with Gasteiger partial charge in [0.15, 0.2) is 0 Å². The summed E-state index contributed by atoms with van der Waals surface area (Å²) in [7, 11) is -3.33. The van der Waals surface area contributed by atoms with Gasteiger partial charge in [0.25, 0.3) is 0 Å². The topological polar surface area (TPSA) is 68.3 Å². The summed E-state index contributed by atoms with van der Waals surface area (Å²) in [4.78, 5) is 3.97. The van der Waals surface area contributed by atoms with Gasteiger partial charge in [-0.2, -0.15) is 0 Å². The molecule has 1 saturated heterocycles. The molecule has 0 atom stereocenters. The second-order valence-corrected chi connectivity index (χ2v) is 6.60. The van der Waals surface area contributed by atoms with Gasteiger partial charge < -0.3 is 4.74 Å². The van der Waals surface area contributed by atoms with Crippen LogP contribution in [0.5, 0.6) is 0 Å². The molecule has 1 aromatic rings. The maximum Gasteiger partial charge on any atom is 0.235 e. The Morgan fingerprint density at radius 1 is 1.35 bits per heavy atom. The number of nitrogens with zero attached hydrogens (tertiary/aromatic N) is 1. The highest BCUT2D eigenvalue weighted by molar-refractivity contribution is 9.10. The summed E-state index contributed by atoms with van der Waals surface area (Å²) in [6.07, 6.45) is 2.57. The van der Waals surface area contributed by atoms with Crippen molar-refractivity contribution in [3.05, 3.63) is 22.9 Å². The van der Waals surface area contributed by atoms with E-state index in [9.17, 15) is 8.42 Å². The van der Waals surface area contributed by atoms with Crippen molar-refractivity contribution < 1.29 is 13.2 Å². The number of nitrogens with one attached hydrogen (secondary N) is 1. The Kier molecular flexibility index (Phi) is 4.01. The molecule has 0 amide bonds. The van der Waals surface area contributed by atoms with Gasteiger partial charge in [-0.3, -0.25) is 4.72 Å². The zero-order chi connectivity index (χ0) is 12.3. The molecule has 7 heteroatoms. The van der Waals surface area contributed by atoms with Crippen molar-refractivity contribution >= 4 is 31.6 Å². The van der Waals surface area contributed by atoms with Crippen LogP contribution in [0.4, 0.5) is 5.69 Å². The summed E-state index contributed by atoms with van der Waals surface area (Å²) < 4.78 is 32.4. The summed E-state index contributed by atoms with van der Waals surface area (Å²) in [5.41, 5.74) is 0.486. The van der Waals surface area contributed by atoms with Gasteiger partial charge in [-0.25, -0.2) is 13.4 Å². The molecule has 0 aromatic carbocycles. The molecule has 2 rings (SSSR count). The molecule has 0 radical (unpaired) electrons. The lowest BCUT2D eigenvalue weighted by molar-refractivity contribution is 0.0984. The fraction of sp³-hybridized carbons (Fsp3) is 0.500. The van der Waals surface area contributed by atoms with E-state index in [0.717, 1.165) is 0 Å². The third kappa shape index (κ3) is 3.40. The molecule has 1 N–H and O–H groups in total. The van der Waals surface area contributed by atoms with Crippen molar-refractivity contribution in [1.29, 1.82) is 0 Å². The Hall–Kier alpha value is -0.660. The van der Waals surface area contributed by atoms with Crippen LogP contribution in [0.25, 0.3) is 0 Å². The molecule has 1 aromatic heterocycles. The maximum atomic E-state index is 12.0. The predicted molar refractivity (Wildman–Crippen MR) is 68.3 cm³/mol. The van der Waals surface area contributed by atoms with Crippen LogP contribution < -0.4 is 4.72 Å². The molecule has 1 fully saturated rings. The predicted octanol–water partition coefficient (Wildman–Crippen LogP) is 1.76. The Morgan fingerprint density at radius 3 is 2.65 bits per heavy atom. The van der Waals surface area contributed by atoms with E-state index >= 15 is 0 Å². The van der Waals surface area contributed by atoms with Gasteiger partial charge in [0, 0.05) is 13.2 Å². The molecule has 17 heavy (non-hydrogen) atoms. The fourth-order valence-corrected chi connectivity index (χ4v) is 3.33. The van der Waals surface area contributed by atoms with E-state index in [4.69, 9.17) is 4.74 Å². The van der Waals surface area contributed by atoms with E-state index in [-0.39, 0.29) is 5.25 Å². The number of halogens is 1. The fourth-order valence-electron chi connectivity index (χ4n) is 1.67. The number of anilines is 1. The highest BCUT2D eigenvalue weighted by atomic mass is 79.9. The van der Waals surface area contributed by atoms with E-state index < -0.39 is 10.0 Å². The lowest BCUT2D eigenvalue weighted by atomic mass is 10.2. The highest BCUT2D eigenvalue weighted by Gasteiger charge is 2.27. The quantitative estimate of drug-likeness (QED) is 0.862. The molecule has 0 bridgehead atoms. The van der Waals surface area contributed by atoms with Crippen molar-refractivity contribution in [2.24, 2.45) is 0 Å². The van der Waals surface area contributed by atoms with E-state index in [1.54, 1.807) is 12.1 Å². The first-order chi connectivity index (χ1) is 8.08. The van der Waals surface area contributed by atoms with Gasteiger partial charge >= 0.3 is 0 Å². The van der Waals surface area contributed by atoms with E-state index in [0.29, 0.717) is 36.3 Å². The summed E-state index contributed by atoms with van der Waals surface area (Å²) in [5, 5.41) is -0.375. The average molecular weight is 321 g/mol. The molecule has 0 saturated carbocycles. The van der Waals surface area contributed by atoms with Crippen LogP contribution in [-0.2, 0) is 14.8 Å². The molecular formula is C10H13BrN2O3S. The third-order valence-electron chi connectivity index (χ3n) is 2.59. The average Bonchev–Trinajstić information content (AvgIpc) is 2.33. The number of ether oxygens (including phenoxy) is 1. The van der Waals surface area contributed by atoms with E-state index in [1.165, 1.54) is 6.20 Å². The molecule has 94 valence electrons. The second-order valence-electron chi connectivity index (χ2n) is 3.83. The SMILES string of the molecule is O=S(=O)(Nc1ccc(Br)nc1)C1CCOCC1. The maximum absolute atomic E-state index is 12.0. The molecule has 0 aliphatic carbocycles. The third-order valence-corrected chi connectivity index (χ3v) is 4.93. The lowest BCUT2D eigenvalue weighted by Gasteiger charge is -2.22. The minimum absolute atomic E-state index is 0.375. The van der Waals surface area contributed by atoms with E-state index in [2.05, 4.69) is 25.6 Å². The zero-order valence-corrected chi connectivity index (χ0v) is 11.5. The largest absolute Gasteiger partial charge is 0.381 e. The van der Waals surface area contributed by atoms with Crippen molar-refractivity contribution in [3.8, 4) is 0 Å². The lowest BCUT2D eigenvalue weighted by Crippen LogP contribution is -2.33. The minimum atomic E-state index is -3.33. The van der Waals surface area contributed by atoms with Crippen LogP contribution in [0.1, 0.15) is 12.8 Å². The first-order valence-corrected chi connectivity index (χ1v) is 7.63. The van der Waals surface area contributed by atoms with Gasteiger partial charge in [0.2, 0.25) is 10.0 Å². The van der Waals surface area contributed by atoms with Crippen molar-refractivity contribution in [1.82, 2.24) is 4.98 Å². The monoisotopic (exact) mass is 320 g/mol. The number of hydrogen-bond acceptors (Lipinski definition) is 4.